The van der Waals surface area contributed by atoms with Gasteiger partial charge in [0, 0.05) is 26.2 Å². The third-order valence-corrected chi connectivity index (χ3v) is 2.72. The first-order valence-electron chi connectivity index (χ1n) is 4.66. The molecule has 1 aromatic rings. The first-order chi connectivity index (χ1) is 6.77. The van der Waals surface area contributed by atoms with E-state index < -0.39 is 0 Å². The molecular weight excluding hydrogens is 200 g/mol. The highest BCUT2D eigenvalue weighted by atomic mass is 35.5. The Hall–Kier alpha value is -0.870. The SMILES string of the molecule is CN1CCN(c2ncncc2Cl)CC1. The zero-order chi connectivity index (χ0) is 9.97. The minimum atomic E-state index is 0.636. The molecule has 0 spiro atoms. The molecule has 1 saturated heterocycles. The first-order valence-corrected chi connectivity index (χ1v) is 5.04. The summed E-state index contributed by atoms with van der Waals surface area (Å²) in [7, 11) is 2.12. The minimum absolute atomic E-state index is 0.636. The van der Waals surface area contributed by atoms with Gasteiger partial charge in [0.2, 0.25) is 0 Å². The first kappa shape index (κ1) is 9.68. The third kappa shape index (κ3) is 1.96. The van der Waals surface area contributed by atoms with E-state index in [0.717, 1.165) is 32.0 Å². The molecule has 0 aliphatic carbocycles. The van der Waals surface area contributed by atoms with Crippen LogP contribution in [0.1, 0.15) is 0 Å². The Morgan fingerprint density at radius 2 is 2.00 bits per heavy atom. The van der Waals surface area contributed by atoms with Gasteiger partial charge in [-0.1, -0.05) is 11.6 Å². The fourth-order valence-electron chi connectivity index (χ4n) is 1.56. The van der Waals surface area contributed by atoms with Crippen molar-refractivity contribution in [1.82, 2.24) is 14.9 Å². The predicted octanol–water partition coefficient (Wildman–Crippen LogP) is 0.882. The molecule has 2 heterocycles. The van der Waals surface area contributed by atoms with Crippen LogP contribution < -0.4 is 4.90 Å². The largest absolute Gasteiger partial charge is 0.353 e. The molecule has 0 amide bonds. The van der Waals surface area contributed by atoms with Gasteiger partial charge >= 0.3 is 0 Å². The lowest BCUT2D eigenvalue weighted by Gasteiger charge is -2.33. The van der Waals surface area contributed by atoms with Crippen molar-refractivity contribution >= 4 is 17.4 Å². The van der Waals surface area contributed by atoms with Gasteiger partial charge in [-0.2, -0.15) is 0 Å². The van der Waals surface area contributed by atoms with Gasteiger partial charge in [-0.3, -0.25) is 0 Å². The van der Waals surface area contributed by atoms with Crippen molar-refractivity contribution in [3.8, 4) is 0 Å². The topological polar surface area (TPSA) is 32.3 Å². The number of anilines is 1. The van der Waals surface area contributed by atoms with Gasteiger partial charge in [0.05, 0.1) is 6.20 Å². The fourth-order valence-corrected chi connectivity index (χ4v) is 1.78. The summed E-state index contributed by atoms with van der Waals surface area (Å²) in [6.07, 6.45) is 3.18. The van der Waals surface area contributed by atoms with Crippen LogP contribution in [-0.2, 0) is 0 Å². The average molecular weight is 213 g/mol. The maximum absolute atomic E-state index is 6.01. The molecule has 5 heteroatoms. The van der Waals surface area contributed by atoms with Crippen LogP contribution in [0.4, 0.5) is 5.82 Å². The van der Waals surface area contributed by atoms with Crippen molar-refractivity contribution in [3.05, 3.63) is 17.5 Å². The molecule has 0 bridgehead atoms. The van der Waals surface area contributed by atoms with E-state index in [1.54, 1.807) is 12.5 Å². The highest BCUT2D eigenvalue weighted by Gasteiger charge is 2.17. The standard InChI is InChI=1S/C9H13ClN4/c1-13-2-4-14(5-3-13)9-8(10)6-11-7-12-9/h6-7H,2-5H2,1H3. The number of piperazine rings is 1. The molecule has 14 heavy (non-hydrogen) atoms. The van der Waals surface area contributed by atoms with Gasteiger partial charge < -0.3 is 9.80 Å². The quantitative estimate of drug-likeness (QED) is 0.692. The summed E-state index contributed by atoms with van der Waals surface area (Å²) >= 11 is 6.01. The molecule has 1 fully saturated rings. The average Bonchev–Trinajstić information content (AvgIpc) is 2.20. The van der Waals surface area contributed by atoms with E-state index in [1.165, 1.54) is 0 Å². The maximum atomic E-state index is 6.01. The predicted molar refractivity (Wildman–Crippen MR) is 56.8 cm³/mol. The molecule has 4 nitrogen and oxygen atoms in total. The summed E-state index contributed by atoms with van der Waals surface area (Å²) < 4.78 is 0. The van der Waals surface area contributed by atoms with Gasteiger partial charge in [0.15, 0.2) is 5.82 Å². The molecule has 0 atom stereocenters. The summed E-state index contributed by atoms with van der Waals surface area (Å²) in [5, 5.41) is 0.636. The Morgan fingerprint density at radius 3 is 2.64 bits per heavy atom. The lowest BCUT2D eigenvalue weighted by molar-refractivity contribution is 0.312. The summed E-state index contributed by atoms with van der Waals surface area (Å²) in [6, 6.07) is 0. The smallest absolute Gasteiger partial charge is 0.150 e. The number of hydrogen-bond acceptors (Lipinski definition) is 4. The summed E-state index contributed by atoms with van der Waals surface area (Å²) in [5.41, 5.74) is 0. The monoisotopic (exact) mass is 212 g/mol. The van der Waals surface area contributed by atoms with Crippen LogP contribution in [0.5, 0.6) is 0 Å². The van der Waals surface area contributed by atoms with Crippen LogP contribution in [0, 0.1) is 0 Å². The number of halogens is 1. The minimum Gasteiger partial charge on any atom is -0.353 e. The number of rotatable bonds is 1. The molecule has 0 N–H and O–H groups in total. The van der Waals surface area contributed by atoms with E-state index in [0.29, 0.717) is 5.02 Å². The van der Waals surface area contributed by atoms with E-state index in [4.69, 9.17) is 11.6 Å². The number of aromatic nitrogens is 2. The molecule has 1 aliphatic rings. The van der Waals surface area contributed by atoms with Crippen LogP contribution in [0.15, 0.2) is 12.5 Å². The van der Waals surface area contributed by atoms with Gasteiger partial charge in [0.1, 0.15) is 11.3 Å². The second-order valence-electron chi connectivity index (χ2n) is 3.48. The molecule has 0 saturated carbocycles. The van der Waals surface area contributed by atoms with Gasteiger partial charge in [-0.05, 0) is 7.05 Å². The summed E-state index contributed by atoms with van der Waals surface area (Å²) in [5.74, 6) is 0.856. The van der Waals surface area contributed by atoms with E-state index in [1.807, 2.05) is 0 Å². The van der Waals surface area contributed by atoms with Crippen molar-refractivity contribution in [2.75, 3.05) is 38.1 Å². The van der Waals surface area contributed by atoms with Crippen molar-refractivity contribution in [1.29, 1.82) is 0 Å². The number of hydrogen-bond donors (Lipinski definition) is 0. The van der Waals surface area contributed by atoms with Crippen LogP contribution in [0.2, 0.25) is 5.02 Å². The van der Waals surface area contributed by atoms with Crippen molar-refractivity contribution in [2.24, 2.45) is 0 Å². The van der Waals surface area contributed by atoms with Crippen molar-refractivity contribution in [2.45, 2.75) is 0 Å². The second-order valence-corrected chi connectivity index (χ2v) is 3.89. The van der Waals surface area contributed by atoms with Gasteiger partial charge in [-0.15, -0.1) is 0 Å². The molecular formula is C9H13ClN4. The van der Waals surface area contributed by atoms with E-state index in [2.05, 4.69) is 26.8 Å². The Bertz CT molecular complexity index is 309. The normalized spacial score (nSPS) is 18.6. The highest BCUT2D eigenvalue weighted by molar-refractivity contribution is 6.32. The Balaban J connectivity index is 2.12. The van der Waals surface area contributed by atoms with Crippen LogP contribution in [-0.4, -0.2) is 48.1 Å². The molecule has 76 valence electrons. The molecule has 0 radical (unpaired) electrons. The second kappa shape index (κ2) is 4.11. The summed E-state index contributed by atoms with van der Waals surface area (Å²) in [6.45, 7) is 4.07. The summed E-state index contributed by atoms with van der Waals surface area (Å²) in [4.78, 5) is 12.6. The Labute approximate surface area is 88.5 Å². The van der Waals surface area contributed by atoms with Crippen LogP contribution >= 0.6 is 11.6 Å². The van der Waals surface area contributed by atoms with Crippen LogP contribution in [0.25, 0.3) is 0 Å². The van der Waals surface area contributed by atoms with Gasteiger partial charge in [0.25, 0.3) is 0 Å². The fraction of sp³-hybridized carbons (Fsp3) is 0.556. The van der Waals surface area contributed by atoms with E-state index in [9.17, 15) is 0 Å². The molecule has 1 aromatic heterocycles. The van der Waals surface area contributed by atoms with E-state index >= 15 is 0 Å². The molecule has 2 rings (SSSR count). The third-order valence-electron chi connectivity index (χ3n) is 2.45. The van der Waals surface area contributed by atoms with Crippen molar-refractivity contribution in [3.63, 3.8) is 0 Å². The zero-order valence-electron chi connectivity index (χ0n) is 8.15. The number of nitrogens with zero attached hydrogens (tertiary/aromatic N) is 4. The lowest BCUT2D eigenvalue weighted by Crippen LogP contribution is -2.44. The zero-order valence-corrected chi connectivity index (χ0v) is 8.91. The number of likely N-dealkylation sites (N-methyl/N-ethyl adjacent to an activating group) is 1. The Kier molecular flexibility index (Phi) is 2.84. The molecule has 0 unspecified atom stereocenters. The molecule has 1 aliphatic heterocycles. The highest BCUT2D eigenvalue weighted by Crippen LogP contribution is 2.21. The van der Waals surface area contributed by atoms with Crippen molar-refractivity contribution < 1.29 is 0 Å². The maximum Gasteiger partial charge on any atom is 0.150 e. The van der Waals surface area contributed by atoms with Gasteiger partial charge in [-0.25, -0.2) is 9.97 Å². The lowest BCUT2D eigenvalue weighted by atomic mass is 10.3. The Morgan fingerprint density at radius 1 is 1.29 bits per heavy atom. The van der Waals surface area contributed by atoms with Crippen LogP contribution in [0.3, 0.4) is 0 Å². The molecule has 0 aromatic carbocycles. The van der Waals surface area contributed by atoms with E-state index in [-0.39, 0.29) is 0 Å².